The SMILES string of the molecule is O=C(Oc1ccccc1)N1CCC(Sc2cccc(Cl)n2)CC1. The zero-order valence-corrected chi connectivity index (χ0v) is 14.1. The first-order chi connectivity index (χ1) is 11.2. The molecular weight excluding hydrogens is 332 g/mol. The van der Waals surface area contributed by atoms with Crippen LogP contribution in [0.3, 0.4) is 0 Å². The number of hydrogen-bond donors (Lipinski definition) is 0. The molecule has 0 atom stereocenters. The van der Waals surface area contributed by atoms with Crippen molar-refractivity contribution in [2.75, 3.05) is 13.1 Å². The Morgan fingerprint density at radius 1 is 1.13 bits per heavy atom. The van der Waals surface area contributed by atoms with E-state index in [0.717, 1.165) is 17.9 Å². The first-order valence-corrected chi connectivity index (χ1v) is 8.77. The van der Waals surface area contributed by atoms with Crippen LogP contribution in [0.5, 0.6) is 5.75 Å². The van der Waals surface area contributed by atoms with E-state index < -0.39 is 0 Å². The second-order valence-corrected chi connectivity index (χ2v) is 6.99. The van der Waals surface area contributed by atoms with Crippen molar-refractivity contribution in [3.05, 3.63) is 53.7 Å². The molecule has 1 fully saturated rings. The molecule has 2 heterocycles. The van der Waals surface area contributed by atoms with E-state index in [-0.39, 0.29) is 6.09 Å². The third-order valence-corrected chi connectivity index (χ3v) is 5.11. The molecule has 120 valence electrons. The fourth-order valence-corrected chi connectivity index (χ4v) is 3.75. The second kappa shape index (κ2) is 7.70. The Morgan fingerprint density at radius 2 is 1.87 bits per heavy atom. The van der Waals surface area contributed by atoms with Gasteiger partial charge in [0.05, 0.1) is 5.03 Å². The number of carbonyl (C=O) groups excluding carboxylic acids is 1. The smallest absolute Gasteiger partial charge is 0.410 e. The molecule has 1 aromatic carbocycles. The third-order valence-electron chi connectivity index (χ3n) is 3.63. The van der Waals surface area contributed by atoms with Crippen LogP contribution in [0.1, 0.15) is 12.8 Å². The van der Waals surface area contributed by atoms with Crippen molar-refractivity contribution in [3.8, 4) is 5.75 Å². The standard InChI is InChI=1S/C17H17ClN2O2S/c18-15-7-4-8-16(19-15)23-14-9-11-20(12-10-14)17(21)22-13-5-2-1-3-6-13/h1-8,14H,9-12H2. The van der Waals surface area contributed by atoms with Crippen LogP contribution < -0.4 is 4.74 Å². The van der Waals surface area contributed by atoms with Crippen molar-refractivity contribution >= 4 is 29.5 Å². The molecular formula is C17H17ClN2O2S. The number of ether oxygens (including phenoxy) is 1. The van der Waals surface area contributed by atoms with Gasteiger partial charge in [-0.2, -0.15) is 0 Å². The van der Waals surface area contributed by atoms with E-state index in [1.807, 2.05) is 30.3 Å². The highest BCUT2D eigenvalue weighted by atomic mass is 35.5. The predicted molar refractivity (Wildman–Crippen MR) is 92.2 cm³/mol. The van der Waals surface area contributed by atoms with Gasteiger partial charge in [-0.1, -0.05) is 35.9 Å². The third kappa shape index (κ3) is 4.62. The number of amides is 1. The molecule has 0 saturated carbocycles. The van der Waals surface area contributed by atoms with Crippen LogP contribution in [0.2, 0.25) is 5.15 Å². The number of para-hydroxylation sites is 1. The number of rotatable bonds is 3. The highest BCUT2D eigenvalue weighted by molar-refractivity contribution is 7.99. The summed E-state index contributed by atoms with van der Waals surface area (Å²) in [5.74, 6) is 0.581. The number of thioether (sulfide) groups is 1. The van der Waals surface area contributed by atoms with Gasteiger partial charge in [0.15, 0.2) is 0 Å². The molecule has 2 aromatic rings. The molecule has 0 unspecified atom stereocenters. The van der Waals surface area contributed by atoms with Gasteiger partial charge in [0.1, 0.15) is 10.9 Å². The average Bonchev–Trinajstić information content (AvgIpc) is 2.56. The first kappa shape index (κ1) is 16.1. The molecule has 1 saturated heterocycles. The summed E-state index contributed by atoms with van der Waals surface area (Å²) in [6.07, 6.45) is 1.56. The lowest BCUT2D eigenvalue weighted by molar-refractivity contribution is 0.143. The minimum absolute atomic E-state index is 0.277. The normalized spacial score (nSPS) is 15.4. The largest absolute Gasteiger partial charge is 0.415 e. The van der Waals surface area contributed by atoms with Crippen LogP contribution in [0.15, 0.2) is 53.6 Å². The van der Waals surface area contributed by atoms with Gasteiger partial charge in [0.25, 0.3) is 0 Å². The topological polar surface area (TPSA) is 42.4 Å². The van der Waals surface area contributed by atoms with Crippen molar-refractivity contribution in [2.24, 2.45) is 0 Å². The van der Waals surface area contributed by atoms with E-state index in [1.165, 1.54) is 0 Å². The van der Waals surface area contributed by atoms with E-state index in [0.29, 0.717) is 29.2 Å². The number of aromatic nitrogens is 1. The number of carbonyl (C=O) groups is 1. The zero-order valence-electron chi connectivity index (χ0n) is 12.5. The Hall–Kier alpha value is -1.72. The van der Waals surface area contributed by atoms with Gasteiger partial charge in [-0.05, 0) is 37.1 Å². The van der Waals surface area contributed by atoms with Gasteiger partial charge in [-0.3, -0.25) is 0 Å². The van der Waals surface area contributed by atoms with Crippen molar-refractivity contribution < 1.29 is 9.53 Å². The summed E-state index contributed by atoms with van der Waals surface area (Å²) in [6, 6.07) is 14.8. The van der Waals surface area contributed by atoms with Crippen LogP contribution in [0.25, 0.3) is 0 Å². The van der Waals surface area contributed by atoms with Crippen molar-refractivity contribution in [2.45, 2.75) is 23.1 Å². The number of likely N-dealkylation sites (tertiary alicyclic amines) is 1. The van der Waals surface area contributed by atoms with Crippen molar-refractivity contribution in [1.29, 1.82) is 0 Å². The minimum atomic E-state index is -0.277. The molecule has 3 rings (SSSR count). The second-order valence-electron chi connectivity index (χ2n) is 5.28. The fourth-order valence-electron chi connectivity index (χ4n) is 2.44. The van der Waals surface area contributed by atoms with E-state index >= 15 is 0 Å². The highest BCUT2D eigenvalue weighted by Crippen LogP contribution is 2.30. The van der Waals surface area contributed by atoms with E-state index in [4.69, 9.17) is 16.3 Å². The van der Waals surface area contributed by atoms with E-state index in [9.17, 15) is 4.79 Å². The summed E-state index contributed by atoms with van der Waals surface area (Å²) >= 11 is 7.63. The van der Waals surface area contributed by atoms with Crippen molar-refractivity contribution in [1.82, 2.24) is 9.88 Å². The van der Waals surface area contributed by atoms with Gasteiger partial charge in [0, 0.05) is 18.3 Å². The van der Waals surface area contributed by atoms with Crippen LogP contribution in [0, 0.1) is 0 Å². The lowest BCUT2D eigenvalue weighted by atomic mass is 10.1. The Morgan fingerprint density at radius 3 is 2.57 bits per heavy atom. The maximum absolute atomic E-state index is 12.1. The quantitative estimate of drug-likeness (QED) is 0.766. The molecule has 0 aliphatic carbocycles. The monoisotopic (exact) mass is 348 g/mol. The summed E-state index contributed by atoms with van der Waals surface area (Å²) < 4.78 is 5.37. The summed E-state index contributed by atoms with van der Waals surface area (Å²) in [6.45, 7) is 1.40. The number of hydrogen-bond acceptors (Lipinski definition) is 4. The van der Waals surface area contributed by atoms with E-state index in [1.54, 1.807) is 34.9 Å². The minimum Gasteiger partial charge on any atom is -0.410 e. The fraction of sp³-hybridized carbons (Fsp3) is 0.294. The first-order valence-electron chi connectivity index (χ1n) is 7.52. The highest BCUT2D eigenvalue weighted by Gasteiger charge is 2.25. The van der Waals surface area contributed by atoms with Gasteiger partial charge in [-0.25, -0.2) is 9.78 Å². The van der Waals surface area contributed by atoms with Crippen LogP contribution in [-0.2, 0) is 0 Å². The van der Waals surface area contributed by atoms with Gasteiger partial charge >= 0.3 is 6.09 Å². The Kier molecular flexibility index (Phi) is 5.41. The molecule has 0 radical (unpaired) electrons. The van der Waals surface area contributed by atoms with Gasteiger partial charge in [-0.15, -0.1) is 11.8 Å². The number of pyridine rings is 1. The van der Waals surface area contributed by atoms with Gasteiger partial charge in [0.2, 0.25) is 0 Å². The molecule has 1 aliphatic heterocycles. The summed E-state index contributed by atoms with van der Waals surface area (Å²) in [5.41, 5.74) is 0. The Labute approximate surface area is 144 Å². The lowest BCUT2D eigenvalue weighted by Crippen LogP contribution is -2.40. The summed E-state index contributed by atoms with van der Waals surface area (Å²) in [4.78, 5) is 18.2. The Bertz CT molecular complexity index is 661. The molecule has 1 amide bonds. The van der Waals surface area contributed by atoms with Crippen LogP contribution in [0.4, 0.5) is 4.79 Å². The van der Waals surface area contributed by atoms with E-state index in [2.05, 4.69) is 4.98 Å². The average molecular weight is 349 g/mol. The molecule has 1 aromatic heterocycles. The van der Waals surface area contributed by atoms with Crippen molar-refractivity contribution in [3.63, 3.8) is 0 Å². The summed E-state index contributed by atoms with van der Waals surface area (Å²) in [5, 5.41) is 1.89. The van der Waals surface area contributed by atoms with Gasteiger partial charge < -0.3 is 9.64 Å². The Balaban J connectivity index is 1.49. The maximum Gasteiger partial charge on any atom is 0.415 e. The molecule has 0 N–H and O–H groups in total. The predicted octanol–water partition coefficient (Wildman–Crippen LogP) is 4.49. The molecule has 23 heavy (non-hydrogen) atoms. The summed E-state index contributed by atoms with van der Waals surface area (Å²) in [7, 11) is 0. The number of benzene rings is 1. The lowest BCUT2D eigenvalue weighted by Gasteiger charge is -2.30. The maximum atomic E-state index is 12.1. The number of halogens is 1. The molecule has 4 nitrogen and oxygen atoms in total. The number of nitrogens with zero attached hydrogens (tertiary/aromatic N) is 2. The van der Waals surface area contributed by atoms with Crippen LogP contribution in [-0.4, -0.2) is 34.3 Å². The molecule has 1 aliphatic rings. The van der Waals surface area contributed by atoms with Crippen LogP contribution >= 0.6 is 23.4 Å². The number of piperidine rings is 1. The zero-order chi connectivity index (χ0) is 16.1. The molecule has 0 bridgehead atoms. The molecule has 6 heteroatoms. The molecule has 0 spiro atoms.